The molecule has 1 amide bonds. The van der Waals surface area contributed by atoms with E-state index < -0.39 is 10.7 Å². The lowest BCUT2D eigenvalue weighted by molar-refractivity contribution is -0.924. The van der Waals surface area contributed by atoms with E-state index in [9.17, 15) is 10.0 Å². The van der Waals surface area contributed by atoms with E-state index >= 15 is 0 Å². The summed E-state index contributed by atoms with van der Waals surface area (Å²) in [6.07, 6.45) is 0.492. The number of carbonyl (C=O) groups excluding carboxylic acids is 1. The van der Waals surface area contributed by atoms with Gasteiger partial charge in [0.2, 0.25) is 0 Å². The van der Waals surface area contributed by atoms with Gasteiger partial charge in [-0.2, -0.15) is 0 Å². The van der Waals surface area contributed by atoms with E-state index in [0.717, 1.165) is 16.7 Å². The number of likely N-dealkylation sites (N-methyl/N-ethyl adjacent to an activating group) is 1. The number of amides is 1. The van der Waals surface area contributed by atoms with Crippen molar-refractivity contribution in [2.24, 2.45) is 0 Å². The molecule has 1 N–H and O–H groups in total. The van der Waals surface area contributed by atoms with Crippen molar-refractivity contribution in [2.75, 3.05) is 7.05 Å². The fourth-order valence-electron chi connectivity index (χ4n) is 3.22. The molecule has 0 radical (unpaired) electrons. The fraction of sp³-hybridized carbons (Fsp3) is 0.278. The summed E-state index contributed by atoms with van der Waals surface area (Å²) in [5.74, 6) is -0.180. The first-order chi connectivity index (χ1) is 10.6. The maximum atomic E-state index is 13.5. The fourth-order valence-corrected chi connectivity index (χ4v) is 3.22. The predicted octanol–water partition coefficient (Wildman–Crippen LogP) is 2.37. The summed E-state index contributed by atoms with van der Waals surface area (Å²) in [5.41, 5.74) is 3.12. The molecular formula is C18H20N2O2. The number of rotatable bonds is 3. The van der Waals surface area contributed by atoms with Gasteiger partial charge in [0.15, 0.2) is 6.04 Å². The summed E-state index contributed by atoms with van der Waals surface area (Å²) in [6.45, 7) is 0.649. The third kappa shape index (κ3) is 2.75. The quantitative estimate of drug-likeness (QED) is 0.698. The van der Waals surface area contributed by atoms with Crippen LogP contribution in [0.3, 0.4) is 0 Å². The Hall–Kier alpha value is -2.17. The molecule has 2 atom stereocenters. The van der Waals surface area contributed by atoms with Crippen LogP contribution in [0.25, 0.3) is 0 Å². The van der Waals surface area contributed by atoms with Gasteiger partial charge in [0.05, 0.1) is 0 Å². The lowest BCUT2D eigenvalue weighted by Crippen LogP contribution is -2.59. The van der Waals surface area contributed by atoms with Gasteiger partial charge in [-0.25, -0.2) is 0 Å². The molecule has 2 aromatic rings. The van der Waals surface area contributed by atoms with Gasteiger partial charge < -0.3 is 15.2 Å². The highest BCUT2D eigenvalue weighted by Crippen LogP contribution is 2.31. The number of hydrogen-bond acceptors (Lipinski definition) is 2. The Kier molecular flexibility index (Phi) is 3.96. The number of nitrogens with zero attached hydrogens (tertiary/aromatic N) is 1. The first-order valence-corrected chi connectivity index (χ1v) is 7.52. The topological polar surface area (TPSA) is 52.2 Å². The Morgan fingerprint density at radius 1 is 1.14 bits per heavy atom. The van der Waals surface area contributed by atoms with Gasteiger partial charge in [0.25, 0.3) is 5.91 Å². The standard InChI is InChI=1S/C18H20N2O2/c1-19-18(21)17-11-15-9-5-6-10-16(15)13-20(17,22)12-14-7-3-2-4-8-14/h2-10,17H,11-13H2,1H3,(H,19,21)/t17-,20-/m0/s1. The van der Waals surface area contributed by atoms with Crippen LogP contribution in [0.15, 0.2) is 54.6 Å². The second-order valence-corrected chi connectivity index (χ2v) is 5.86. The molecule has 114 valence electrons. The molecule has 2 aromatic carbocycles. The van der Waals surface area contributed by atoms with Crippen molar-refractivity contribution in [3.05, 3.63) is 76.5 Å². The molecule has 0 aromatic heterocycles. The molecule has 0 saturated carbocycles. The Labute approximate surface area is 130 Å². The van der Waals surface area contributed by atoms with Crippen LogP contribution < -0.4 is 5.32 Å². The van der Waals surface area contributed by atoms with Gasteiger partial charge in [-0.05, 0) is 5.56 Å². The van der Waals surface area contributed by atoms with Crippen LogP contribution >= 0.6 is 0 Å². The summed E-state index contributed by atoms with van der Waals surface area (Å²) in [5, 5.41) is 16.1. The van der Waals surface area contributed by atoms with E-state index in [-0.39, 0.29) is 5.91 Å². The van der Waals surface area contributed by atoms with Crippen molar-refractivity contribution in [3.63, 3.8) is 0 Å². The Bertz CT molecular complexity index is 672. The van der Waals surface area contributed by atoms with Crippen LogP contribution in [0.5, 0.6) is 0 Å². The molecule has 4 heteroatoms. The molecule has 1 heterocycles. The normalized spacial score (nSPS) is 23.6. The molecule has 0 spiro atoms. The highest BCUT2D eigenvalue weighted by Gasteiger charge is 2.39. The SMILES string of the molecule is CNC(=O)[C@@H]1Cc2ccccc2C[N@@+]1([O-])Cc1ccccc1. The minimum atomic E-state index is -0.597. The van der Waals surface area contributed by atoms with Gasteiger partial charge >= 0.3 is 0 Å². The van der Waals surface area contributed by atoms with Crippen LogP contribution in [-0.4, -0.2) is 23.6 Å². The summed E-state index contributed by atoms with van der Waals surface area (Å²) in [7, 11) is 1.59. The van der Waals surface area contributed by atoms with E-state index in [4.69, 9.17) is 0 Å². The van der Waals surface area contributed by atoms with Crippen molar-refractivity contribution in [1.29, 1.82) is 0 Å². The zero-order valence-electron chi connectivity index (χ0n) is 12.7. The predicted molar refractivity (Wildman–Crippen MR) is 85.5 cm³/mol. The number of benzene rings is 2. The summed E-state index contributed by atoms with van der Waals surface area (Å²) in [6, 6.07) is 17.0. The highest BCUT2D eigenvalue weighted by molar-refractivity contribution is 5.81. The van der Waals surface area contributed by atoms with Crippen LogP contribution in [0, 0.1) is 5.21 Å². The van der Waals surface area contributed by atoms with Gasteiger partial charge in [-0.3, -0.25) is 4.79 Å². The lowest BCUT2D eigenvalue weighted by atomic mass is 9.92. The minimum absolute atomic E-state index is 0.180. The molecule has 0 fully saturated rings. The molecule has 4 nitrogen and oxygen atoms in total. The largest absolute Gasteiger partial charge is 0.632 e. The van der Waals surface area contributed by atoms with Crippen LogP contribution in [-0.2, 0) is 24.3 Å². The zero-order valence-corrected chi connectivity index (χ0v) is 12.7. The van der Waals surface area contributed by atoms with Crippen LogP contribution in [0.1, 0.15) is 16.7 Å². The van der Waals surface area contributed by atoms with Gasteiger partial charge in [-0.15, -0.1) is 0 Å². The summed E-state index contributed by atoms with van der Waals surface area (Å²) < 4.78 is -0.527. The Morgan fingerprint density at radius 2 is 1.77 bits per heavy atom. The molecular weight excluding hydrogens is 276 g/mol. The monoisotopic (exact) mass is 296 g/mol. The van der Waals surface area contributed by atoms with Crippen molar-refractivity contribution < 1.29 is 9.44 Å². The van der Waals surface area contributed by atoms with E-state index in [2.05, 4.69) is 5.32 Å². The minimum Gasteiger partial charge on any atom is -0.632 e. The first-order valence-electron chi connectivity index (χ1n) is 7.52. The molecule has 1 aliphatic heterocycles. The maximum Gasteiger partial charge on any atom is 0.278 e. The number of hydroxylamine groups is 3. The third-order valence-electron chi connectivity index (χ3n) is 4.38. The molecule has 0 bridgehead atoms. The van der Waals surface area contributed by atoms with Gasteiger partial charge in [0.1, 0.15) is 13.1 Å². The van der Waals surface area contributed by atoms with E-state index in [1.54, 1.807) is 7.05 Å². The number of nitrogens with one attached hydrogen (secondary N) is 1. The van der Waals surface area contributed by atoms with E-state index in [0.29, 0.717) is 19.5 Å². The van der Waals surface area contributed by atoms with Gasteiger partial charge in [-0.1, -0.05) is 54.6 Å². The highest BCUT2D eigenvalue weighted by atomic mass is 16.5. The van der Waals surface area contributed by atoms with Crippen molar-refractivity contribution in [2.45, 2.75) is 25.6 Å². The molecule has 22 heavy (non-hydrogen) atoms. The molecule has 0 aliphatic carbocycles. The van der Waals surface area contributed by atoms with E-state index in [1.807, 2.05) is 54.6 Å². The lowest BCUT2D eigenvalue weighted by Gasteiger charge is -2.50. The van der Waals surface area contributed by atoms with E-state index in [1.165, 1.54) is 0 Å². The van der Waals surface area contributed by atoms with Crippen molar-refractivity contribution >= 4 is 5.91 Å². The second kappa shape index (κ2) is 5.91. The molecule has 3 rings (SSSR count). The first kappa shape index (κ1) is 14.8. The zero-order chi connectivity index (χ0) is 15.6. The van der Waals surface area contributed by atoms with Crippen LogP contribution in [0.4, 0.5) is 0 Å². The number of carbonyl (C=O) groups is 1. The van der Waals surface area contributed by atoms with Crippen LogP contribution in [0.2, 0.25) is 0 Å². The smallest absolute Gasteiger partial charge is 0.278 e. The second-order valence-electron chi connectivity index (χ2n) is 5.86. The number of fused-ring (bicyclic) bond motifs is 1. The molecule has 1 aliphatic rings. The van der Waals surface area contributed by atoms with Gasteiger partial charge in [0, 0.05) is 24.6 Å². The average Bonchev–Trinajstić information content (AvgIpc) is 2.54. The average molecular weight is 296 g/mol. The summed E-state index contributed by atoms with van der Waals surface area (Å²) >= 11 is 0. The Balaban J connectivity index is 1.97. The molecule has 0 saturated heterocycles. The molecule has 0 unspecified atom stereocenters. The maximum absolute atomic E-state index is 13.5. The van der Waals surface area contributed by atoms with Crippen molar-refractivity contribution in [1.82, 2.24) is 5.32 Å². The third-order valence-corrected chi connectivity index (χ3v) is 4.38. The Morgan fingerprint density at radius 3 is 2.45 bits per heavy atom. The number of hydrogen-bond donors (Lipinski definition) is 1. The number of quaternary nitrogens is 1. The van der Waals surface area contributed by atoms with Crippen molar-refractivity contribution in [3.8, 4) is 0 Å². The summed E-state index contributed by atoms with van der Waals surface area (Å²) in [4.78, 5) is 12.3.